The minimum atomic E-state index is -0.508. The summed E-state index contributed by atoms with van der Waals surface area (Å²) in [6, 6.07) is 14.2. The molecule has 1 fully saturated rings. The number of aromatic nitrogens is 1. The Morgan fingerprint density at radius 1 is 1.03 bits per heavy atom. The van der Waals surface area contributed by atoms with Crippen LogP contribution in [0.25, 0.3) is 11.1 Å². The molecule has 2 aromatic carbocycles. The van der Waals surface area contributed by atoms with Gasteiger partial charge in [0, 0.05) is 11.6 Å². The molecule has 0 atom stereocenters. The van der Waals surface area contributed by atoms with E-state index in [0.717, 1.165) is 25.7 Å². The maximum absolute atomic E-state index is 12.6. The van der Waals surface area contributed by atoms with Crippen molar-refractivity contribution in [1.82, 2.24) is 10.3 Å². The van der Waals surface area contributed by atoms with E-state index in [1.807, 2.05) is 0 Å². The smallest absolute Gasteiger partial charge is 0.408 e. The van der Waals surface area contributed by atoms with Gasteiger partial charge in [-0.25, -0.2) is 4.79 Å². The van der Waals surface area contributed by atoms with Gasteiger partial charge in [-0.1, -0.05) is 45.0 Å². The van der Waals surface area contributed by atoms with Crippen LogP contribution < -0.4 is 11.1 Å². The topological polar surface area (TPSA) is 75.1 Å². The molecule has 0 spiro atoms. The molecule has 1 aliphatic rings. The van der Waals surface area contributed by atoms with Crippen LogP contribution in [0.3, 0.4) is 0 Å². The van der Waals surface area contributed by atoms with Gasteiger partial charge in [0.05, 0.1) is 5.52 Å². The first-order valence-electron chi connectivity index (χ1n) is 10.3. The maximum Gasteiger partial charge on any atom is 0.417 e. The van der Waals surface area contributed by atoms with Crippen molar-refractivity contribution in [3.05, 3.63) is 69.7 Å². The molecular formula is C24H28N2O3. The Bertz CT molecular complexity index is 1060. The Morgan fingerprint density at radius 3 is 2.38 bits per heavy atom. The minimum Gasteiger partial charge on any atom is -0.408 e. The summed E-state index contributed by atoms with van der Waals surface area (Å²) in [4.78, 5) is 26.5. The molecule has 3 aromatic rings. The van der Waals surface area contributed by atoms with Crippen molar-refractivity contribution in [3.63, 3.8) is 0 Å². The van der Waals surface area contributed by atoms with Crippen molar-refractivity contribution < 1.29 is 9.21 Å². The van der Waals surface area contributed by atoms with Crippen LogP contribution in [0.2, 0.25) is 0 Å². The van der Waals surface area contributed by atoms with Gasteiger partial charge >= 0.3 is 5.76 Å². The van der Waals surface area contributed by atoms with Crippen LogP contribution in [0.4, 0.5) is 0 Å². The summed E-state index contributed by atoms with van der Waals surface area (Å²) in [6.45, 7) is 6.70. The molecule has 29 heavy (non-hydrogen) atoms. The van der Waals surface area contributed by atoms with E-state index >= 15 is 0 Å². The number of hydrogen-bond donors (Lipinski definition) is 2. The largest absolute Gasteiger partial charge is 0.417 e. The van der Waals surface area contributed by atoms with Crippen LogP contribution in [0.5, 0.6) is 0 Å². The van der Waals surface area contributed by atoms with Crippen LogP contribution in [0, 0.1) is 0 Å². The van der Waals surface area contributed by atoms with Crippen molar-refractivity contribution in [2.75, 3.05) is 0 Å². The molecule has 5 nitrogen and oxygen atoms in total. The monoisotopic (exact) mass is 392 g/mol. The van der Waals surface area contributed by atoms with E-state index in [9.17, 15) is 9.59 Å². The number of oxazole rings is 1. The lowest BCUT2D eigenvalue weighted by molar-refractivity contribution is 0.0926. The zero-order valence-electron chi connectivity index (χ0n) is 17.2. The molecule has 0 saturated heterocycles. The fourth-order valence-electron chi connectivity index (χ4n) is 4.18. The average Bonchev–Trinajstić information content (AvgIpc) is 3.07. The third-order valence-electron chi connectivity index (χ3n) is 5.99. The number of carbonyl (C=O) groups excluding carboxylic acids is 1. The number of benzene rings is 2. The van der Waals surface area contributed by atoms with Crippen LogP contribution in [-0.4, -0.2) is 16.9 Å². The standard InChI is InChI=1S/C24H28N2O3/c1-24(2,3)18-9-4-15(5-10-18)16-6-11-19(12-7-16)25-22(27)17-8-13-20-21(14-17)29-23(28)26-20/h4-5,8-10,13-14,16,19H,6-7,11-12H2,1-3H3,(H,25,27)(H,26,28). The van der Waals surface area contributed by atoms with Crippen LogP contribution in [-0.2, 0) is 5.41 Å². The molecule has 152 valence electrons. The molecule has 0 unspecified atom stereocenters. The van der Waals surface area contributed by atoms with E-state index in [4.69, 9.17) is 4.42 Å². The quantitative estimate of drug-likeness (QED) is 0.667. The van der Waals surface area contributed by atoms with E-state index in [-0.39, 0.29) is 17.4 Å². The molecule has 1 aromatic heterocycles. The van der Waals surface area contributed by atoms with Gasteiger partial charge in [-0.05, 0) is 66.3 Å². The van der Waals surface area contributed by atoms with Gasteiger partial charge in [-0.15, -0.1) is 0 Å². The lowest BCUT2D eigenvalue weighted by atomic mass is 9.80. The SMILES string of the molecule is CC(C)(C)c1ccc(C2CCC(NC(=O)c3ccc4[nH]c(=O)oc4c3)CC2)cc1. The Balaban J connectivity index is 1.35. The van der Waals surface area contributed by atoms with Crippen molar-refractivity contribution >= 4 is 17.0 Å². The molecule has 1 saturated carbocycles. The fraction of sp³-hybridized carbons (Fsp3) is 0.417. The average molecular weight is 392 g/mol. The second-order valence-electron chi connectivity index (χ2n) is 9.12. The summed E-state index contributed by atoms with van der Waals surface area (Å²) in [6.07, 6.45) is 4.09. The van der Waals surface area contributed by atoms with E-state index in [1.54, 1.807) is 18.2 Å². The Labute approximate surface area is 170 Å². The van der Waals surface area contributed by atoms with Gasteiger partial charge in [-0.3, -0.25) is 9.78 Å². The maximum atomic E-state index is 12.6. The molecule has 1 amide bonds. The van der Waals surface area contributed by atoms with Gasteiger partial charge in [0.25, 0.3) is 5.91 Å². The third kappa shape index (κ3) is 4.29. The number of carbonyl (C=O) groups is 1. The van der Waals surface area contributed by atoms with Crippen molar-refractivity contribution in [2.24, 2.45) is 0 Å². The van der Waals surface area contributed by atoms with Crippen molar-refractivity contribution in [2.45, 2.75) is 63.8 Å². The van der Waals surface area contributed by atoms with Crippen molar-refractivity contribution in [3.8, 4) is 0 Å². The van der Waals surface area contributed by atoms with E-state index < -0.39 is 5.76 Å². The third-order valence-corrected chi connectivity index (χ3v) is 5.99. The minimum absolute atomic E-state index is 0.117. The highest BCUT2D eigenvalue weighted by molar-refractivity contribution is 5.97. The number of rotatable bonds is 3. The van der Waals surface area contributed by atoms with Gasteiger partial charge in [0.15, 0.2) is 5.58 Å². The van der Waals surface area contributed by atoms with Gasteiger partial charge < -0.3 is 9.73 Å². The van der Waals surface area contributed by atoms with Gasteiger partial charge in [0.1, 0.15) is 0 Å². The second-order valence-corrected chi connectivity index (χ2v) is 9.12. The van der Waals surface area contributed by atoms with Gasteiger partial charge in [-0.2, -0.15) is 0 Å². The molecule has 4 rings (SSSR count). The highest BCUT2D eigenvalue weighted by atomic mass is 16.4. The zero-order valence-corrected chi connectivity index (χ0v) is 17.2. The predicted molar refractivity (Wildman–Crippen MR) is 114 cm³/mol. The number of aromatic amines is 1. The first kappa shape index (κ1) is 19.5. The Hall–Kier alpha value is -2.82. The highest BCUT2D eigenvalue weighted by Crippen LogP contribution is 2.34. The number of fused-ring (bicyclic) bond motifs is 1. The summed E-state index contributed by atoms with van der Waals surface area (Å²) in [5.41, 5.74) is 4.45. The fourth-order valence-corrected chi connectivity index (χ4v) is 4.18. The zero-order chi connectivity index (χ0) is 20.6. The summed E-state index contributed by atoms with van der Waals surface area (Å²) in [7, 11) is 0. The lowest BCUT2D eigenvalue weighted by Gasteiger charge is -2.30. The summed E-state index contributed by atoms with van der Waals surface area (Å²) >= 11 is 0. The first-order chi connectivity index (χ1) is 13.8. The van der Waals surface area contributed by atoms with E-state index in [2.05, 4.69) is 55.3 Å². The van der Waals surface area contributed by atoms with Crippen LogP contribution >= 0.6 is 0 Å². The molecule has 2 N–H and O–H groups in total. The number of hydrogen-bond acceptors (Lipinski definition) is 3. The molecule has 0 radical (unpaired) electrons. The molecule has 1 heterocycles. The molecular weight excluding hydrogens is 364 g/mol. The molecule has 0 bridgehead atoms. The van der Waals surface area contributed by atoms with E-state index in [1.165, 1.54) is 11.1 Å². The number of amides is 1. The highest BCUT2D eigenvalue weighted by Gasteiger charge is 2.24. The Morgan fingerprint density at radius 2 is 1.72 bits per heavy atom. The van der Waals surface area contributed by atoms with Crippen LogP contribution in [0.1, 0.15) is 73.9 Å². The molecule has 0 aliphatic heterocycles. The van der Waals surface area contributed by atoms with Crippen LogP contribution in [0.15, 0.2) is 51.7 Å². The second kappa shape index (κ2) is 7.54. The number of nitrogens with one attached hydrogen (secondary N) is 2. The normalized spacial score (nSPS) is 20.0. The Kier molecular flexibility index (Phi) is 5.07. The van der Waals surface area contributed by atoms with E-state index in [0.29, 0.717) is 22.6 Å². The lowest BCUT2D eigenvalue weighted by Crippen LogP contribution is -2.37. The number of H-pyrrole nitrogens is 1. The van der Waals surface area contributed by atoms with Crippen molar-refractivity contribution in [1.29, 1.82) is 0 Å². The predicted octanol–water partition coefficient (Wildman–Crippen LogP) is 4.87. The summed E-state index contributed by atoms with van der Waals surface area (Å²) < 4.78 is 5.05. The first-order valence-corrected chi connectivity index (χ1v) is 10.3. The molecule has 1 aliphatic carbocycles. The van der Waals surface area contributed by atoms with Gasteiger partial charge in [0.2, 0.25) is 0 Å². The molecule has 5 heteroatoms. The summed E-state index contributed by atoms with van der Waals surface area (Å²) in [5.74, 6) is -0.0669. The summed E-state index contributed by atoms with van der Waals surface area (Å²) in [5, 5.41) is 3.14.